The lowest BCUT2D eigenvalue weighted by atomic mass is 9.96. The summed E-state index contributed by atoms with van der Waals surface area (Å²) < 4.78 is 0. The summed E-state index contributed by atoms with van der Waals surface area (Å²) in [7, 11) is 0. The van der Waals surface area contributed by atoms with E-state index in [9.17, 15) is 58.2 Å². The molecular weight excluding hydrogens is 1110 g/mol. The Labute approximate surface area is 496 Å². The summed E-state index contributed by atoms with van der Waals surface area (Å²) in [5.74, 6) is -8.72. The van der Waals surface area contributed by atoms with E-state index in [2.05, 4.69) is 72.8 Å². The maximum Gasteiger partial charge on any atom is 0.327 e. The number of carboxylic acids is 1. The Bertz CT molecular complexity index is 2520. The molecule has 0 aromatic heterocycles. The van der Waals surface area contributed by atoms with Crippen LogP contribution < -0.4 is 59.7 Å². The monoisotopic (exact) mass is 1200 g/mol. The zero-order valence-electron chi connectivity index (χ0n) is 48.2. The summed E-state index contributed by atoms with van der Waals surface area (Å²) in [6, 6.07) is 2.58. The number of unbranched alkanes of at least 4 members (excludes halogenated alkanes) is 1. The Morgan fingerprint density at radius 1 is 0.639 bits per heavy atom. The average Bonchev–Trinajstić information content (AvgIpc) is 4.12. The number of hydrogen-bond acceptors (Lipinski definition) is 15. The molecule has 0 bridgehead atoms. The smallest absolute Gasteiger partial charge is 0.327 e. The third-order valence-electron chi connectivity index (χ3n) is 14.0. The Morgan fingerprint density at radius 2 is 1.17 bits per heavy atom. The number of hydrogen-bond donors (Lipinski definition) is 15. The molecule has 16 N–H and O–H groups in total. The van der Waals surface area contributed by atoms with Crippen molar-refractivity contribution in [2.45, 2.75) is 173 Å². The molecule has 11 atom stereocenters. The minimum absolute atomic E-state index is 0.0139. The third kappa shape index (κ3) is 23.6. The van der Waals surface area contributed by atoms with Crippen molar-refractivity contribution in [1.82, 2.24) is 47.4 Å². The maximum absolute atomic E-state index is 14.9. The summed E-state index contributed by atoms with van der Waals surface area (Å²) in [5.41, 5.74) is 18.0. The van der Waals surface area contributed by atoms with Crippen LogP contribution in [0.25, 0.3) is 0 Å². The molecular formula is C56H87N13O12S2. The van der Waals surface area contributed by atoms with Gasteiger partial charge in [-0.2, -0.15) is 25.3 Å². The molecule has 0 aliphatic carbocycles. The van der Waals surface area contributed by atoms with Crippen LogP contribution in [0.1, 0.15) is 110 Å². The molecule has 460 valence electrons. The van der Waals surface area contributed by atoms with E-state index >= 15 is 0 Å². The molecule has 25 nitrogen and oxygen atoms in total. The highest BCUT2D eigenvalue weighted by Gasteiger charge is 2.41. The lowest BCUT2D eigenvalue weighted by molar-refractivity contribution is -0.142. The molecule has 0 saturated carbocycles. The predicted octanol–water partition coefficient (Wildman–Crippen LogP) is -0.326. The summed E-state index contributed by atoms with van der Waals surface area (Å²) in [6.45, 7) is 10.7. The number of benzene rings is 2. The number of nitrogens with two attached hydrogens (primary N) is 3. The van der Waals surface area contributed by atoms with E-state index in [1.54, 1.807) is 56.3 Å². The molecule has 27 heteroatoms. The van der Waals surface area contributed by atoms with Crippen molar-refractivity contribution < 1.29 is 58.2 Å². The topological polar surface area (TPSA) is 401 Å². The number of aliphatic carboxylic acids is 1. The number of nitrogens with one attached hydrogen (secondary N) is 8. The minimum atomic E-state index is -1.39. The summed E-state index contributed by atoms with van der Waals surface area (Å²) in [5, 5.41) is 41.0. The standard InChI is InChI=1S/C56H87N13O12S2/c1-7-9-17-38(63-48(73)39(18-13-24-60-56(58)59)62-47(72)37(57)29-82)49(74)64-41(27-35-20-22-36(70)23-21-35)51(76)66-42(28-34-15-11-10-12-16-34)54(79)69-25-14-19-44(69)52(77)61-33(6)46(71)68-45(32(5)8-2)53(78)65-40(26-31(3)4)50(75)67-43(30-83)55(80)81/h10-12,15-16,20-23,31-33,37-45,70,82-83H,7-9,13-14,17-19,24-30,57H2,1-6H3,(H,61,77)(H,62,72)(H,63,73)(H,64,74)(H,65,78)(H,66,76)(H,67,75)(H,68,71)(H,80,81)(H4,58,59,60)/t32-,33-,37-,38-,39-,40-,41-,42-,43-,44-,45-/m0/s1. The fraction of sp³-hybridized carbons (Fsp3) is 0.589. The van der Waals surface area contributed by atoms with E-state index < -0.39 is 125 Å². The second-order valence-corrected chi connectivity index (χ2v) is 22.0. The van der Waals surface area contributed by atoms with Crippen molar-refractivity contribution in [3.63, 3.8) is 0 Å². The molecule has 1 fully saturated rings. The quantitative estimate of drug-likeness (QED) is 0.0182. The van der Waals surface area contributed by atoms with E-state index in [1.807, 2.05) is 20.8 Å². The van der Waals surface area contributed by atoms with Gasteiger partial charge in [0, 0.05) is 37.4 Å². The van der Waals surface area contributed by atoms with Crippen LogP contribution in [0.15, 0.2) is 59.6 Å². The van der Waals surface area contributed by atoms with Crippen LogP contribution in [0.3, 0.4) is 0 Å². The zero-order valence-corrected chi connectivity index (χ0v) is 50.0. The van der Waals surface area contributed by atoms with Crippen molar-refractivity contribution in [3.05, 3.63) is 65.7 Å². The van der Waals surface area contributed by atoms with Gasteiger partial charge >= 0.3 is 5.97 Å². The molecule has 3 rings (SSSR count). The van der Waals surface area contributed by atoms with Gasteiger partial charge in [-0.05, 0) is 80.5 Å². The Kier molecular flexibility index (Phi) is 30.2. The highest BCUT2D eigenvalue weighted by molar-refractivity contribution is 7.80. The number of likely N-dealkylation sites (tertiary alicyclic amines) is 1. The number of phenolic OH excluding ortho intramolecular Hbond substituents is 1. The second-order valence-electron chi connectivity index (χ2n) is 21.2. The fourth-order valence-corrected chi connectivity index (χ4v) is 9.45. The van der Waals surface area contributed by atoms with Gasteiger partial charge in [0.1, 0.15) is 60.1 Å². The highest BCUT2D eigenvalue weighted by atomic mass is 32.1. The number of carbonyl (C=O) groups excluding carboxylic acids is 9. The summed E-state index contributed by atoms with van der Waals surface area (Å²) >= 11 is 8.11. The van der Waals surface area contributed by atoms with E-state index in [0.29, 0.717) is 36.8 Å². The first-order valence-electron chi connectivity index (χ1n) is 28.1. The fourth-order valence-electron chi connectivity index (χ4n) is 9.04. The van der Waals surface area contributed by atoms with Crippen molar-refractivity contribution in [1.29, 1.82) is 0 Å². The lowest BCUT2D eigenvalue weighted by Gasteiger charge is -2.31. The van der Waals surface area contributed by atoms with Crippen LogP contribution in [0.4, 0.5) is 0 Å². The van der Waals surface area contributed by atoms with Gasteiger partial charge in [0.2, 0.25) is 53.2 Å². The third-order valence-corrected chi connectivity index (χ3v) is 14.8. The highest BCUT2D eigenvalue weighted by Crippen LogP contribution is 2.21. The molecule has 2 aromatic carbocycles. The number of carbonyl (C=O) groups is 10. The lowest BCUT2D eigenvalue weighted by Crippen LogP contribution is -2.61. The van der Waals surface area contributed by atoms with Crippen LogP contribution in [0.2, 0.25) is 0 Å². The summed E-state index contributed by atoms with van der Waals surface area (Å²) in [6.07, 6.45) is 2.49. The summed E-state index contributed by atoms with van der Waals surface area (Å²) in [4.78, 5) is 143. The molecule has 1 heterocycles. The number of nitrogens with zero attached hydrogens (tertiary/aromatic N) is 2. The molecule has 0 unspecified atom stereocenters. The van der Waals surface area contributed by atoms with Crippen molar-refractivity contribution >= 4 is 90.4 Å². The minimum Gasteiger partial charge on any atom is -0.508 e. The van der Waals surface area contributed by atoms with Crippen LogP contribution in [-0.4, -0.2) is 165 Å². The first-order chi connectivity index (χ1) is 39.3. The molecule has 2 aromatic rings. The van der Waals surface area contributed by atoms with E-state index in [4.69, 9.17) is 17.2 Å². The molecule has 1 aliphatic heterocycles. The van der Waals surface area contributed by atoms with E-state index in [0.717, 1.165) is 0 Å². The van der Waals surface area contributed by atoms with Crippen molar-refractivity contribution in [2.75, 3.05) is 24.6 Å². The normalized spacial score (nSPS) is 16.6. The number of aliphatic imine (C=N–C) groups is 1. The molecule has 1 saturated heterocycles. The predicted molar refractivity (Wildman–Crippen MR) is 319 cm³/mol. The molecule has 9 amide bonds. The molecule has 0 radical (unpaired) electrons. The van der Waals surface area contributed by atoms with Crippen molar-refractivity contribution in [3.8, 4) is 5.75 Å². The Morgan fingerprint density at radius 3 is 1.73 bits per heavy atom. The number of rotatable bonds is 35. The molecule has 1 aliphatic rings. The van der Waals surface area contributed by atoms with Crippen LogP contribution >= 0.6 is 25.3 Å². The van der Waals surface area contributed by atoms with Gasteiger partial charge < -0.3 is 74.8 Å². The number of carboxylic acid groups (broad SMARTS) is 1. The SMILES string of the molecule is CCCC[C@H](NC(=O)[C@H](CCCN=C(N)N)NC(=O)[C@@H](N)CS)C(=O)N[C@@H](Cc1ccc(O)cc1)C(=O)N[C@@H](Cc1ccccc1)C(=O)N1CCC[C@H]1C(=O)N[C@@H](C)C(=O)N[C@H](C(=O)N[C@@H](CC(C)C)C(=O)N[C@@H](CS)C(=O)O)[C@@H](C)CC. The second kappa shape index (κ2) is 35.8. The Hall–Kier alpha value is -7.13. The number of aromatic hydroxyl groups is 1. The van der Waals surface area contributed by atoms with Gasteiger partial charge in [-0.1, -0.05) is 96.3 Å². The van der Waals surface area contributed by atoms with Crippen LogP contribution in [-0.2, 0) is 60.8 Å². The number of thiol groups is 2. The first kappa shape index (κ1) is 70.1. The van der Waals surface area contributed by atoms with Gasteiger partial charge in [-0.25, -0.2) is 4.79 Å². The number of guanidine groups is 1. The first-order valence-corrected chi connectivity index (χ1v) is 29.4. The molecule has 83 heavy (non-hydrogen) atoms. The molecule has 0 spiro atoms. The largest absolute Gasteiger partial charge is 0.508 e. The maximum atomic E-state index is 14.9. The van der Waals surface area contributed by atoms with Crippen LogP contribution in [0.5, 0.6) is 5.75 Å². The average molecular weight is 1200 g/mol. The number of amides is 9. The van der Waals surface area contributed by atoms with Gasteiger partial charge in [0.15, 0.2) is 5.96 Å². The Balaban J connectivity index is 1.92. The van der Waals surface area contributed by atoms with Gasteiger partial charge in [-0.15, -0.1) is 0 Å². The van der Waals surface area contributed by atoms with E-state index in [-0.39, 0.29) is 87.2 Å². The van der Waals surface area contributed by atoms with Crippen LogP contribution in [0, 0.1) is 11.8 Å². The van der Waals surface area contributed by atoms with Gasteiger partial charge in [0.05, 0.1) is 6.04 Å². The van der Waals surface area contributed by atoms with E-state index in [1.165, 1.54) is 24.0 Å². The van der Waals surface area contributed by atoms with Gasteiger partial charge in [-0.3, -0.25) is 48.1 Å². The van der Waals surface area contributed by atoms with Crippen molar-refractivity contribution in [2.24, 2.45) is 34.0 Å². The zero-order chi connectivity index (χ0) is 61.9. The number of phenols is 1. The van der Waals surface area contributed by atoms with Gasteiger partial charge in [0.25, 0.3) is 0 Å².